The molecule has 5 rings (SSSR count). The first kappa shape index (κ1) is 13.0. The quantitative estimate of drug-likeness (QED) is 0.494. The predicted octanol–water partition coefficient (Wildman–Crippen LogP) is 3.65. The van der Waals surface area contributed by atoms with Gasteiger partial charge in [-0.05, 0) is 30.3 Å². The molecule has 6 nitrogen and oxygen atoms in total. The molecule has 0 atom stereocenters. The fourth-order valence-electron chi connectivity index (χ4n) is 2.95. The first-order valence-electron chi connectivity index (χ1n) is 7.57. The molecule has 24 heavy (non-hydrogen) atoms. The first-order chi connectivity index (χ1) is 11.9. The standard InChI is InChI=1S/C18H12N6/c1-2-13-16-15(23-17(24-16)11-3-7-19-8-4-11)12-5-9-20-10-14(12)22-18(13)21-6-1/h1-10H,(H,21,22)(H,23,24). The number of fused-ring (bicyclic) bond motifs is 5. The van der Waals surface area contributed by atoms with Crippen LogP contribution in [0.2, 0.25) is 0 Å². The maximum atomic E-state index is 4.84. The minimum atomic E-state index is 0.776. The molecule has 0 saturated carbocycles. The Morgan fingerprint density at radius 2 is 1.71 bits per heavy atom. The lowest BCUT2D eigenvalue weighted by Gasteiger charge is -2.07. The zero-order valence-electron chi connectivity index (χ0n) is 12.6. The lowest BCUT2D eigenvalue weighted by Crippen LogP contribution is -1.95. The van der Waals surface area contributed by atoms with Crippen molar-refractivity contribution in [3.05, 3.63) is 61.3 Å². The van der Waals surface area contributed by atoms with Gasteiger partial charge in [0, 0.05) is 41.5 Å². The second-order valence-electron chi connectivity index (χ2n) is 5.49. The Morgan fingerprint density at radius 3 is 2.62 bits per heavy atom. The van der Waals surface area contributed by atoms with Gasteiger partial charge >= 0.3 is 0 Å². The molecule has 5 heterocycles. The fourth-order valence-corrected chi connectivity index (χ4v) is 2.95. The highest BCUT2D eigenvalue weighted by atomic mass is 15.0. The molecule has 114 valence electrons. The third-order valence-corrected chi connectivity index (χ3v) is 4.06. The van der Waals surface area contributed by atoms with Crippen molar-refractivity contribution in [3.63, 3.8) is 0 Å². The zero-order chi connectivity index (χ0) is 15.9. The number of nitrogens with one attached hydrogen (secondary N) is 2. The summed E-state index contributed by atoms with van der Waals surface area (Å²) in [6.45, 7) is 0. The molecule has 0 aromatic carbocycles. The monoisotopic (exact) mass is 312 g/mol. The van der Waals surface area contributed by atoms with E-state index in [-0.39, 0.29) is 0 Å². The number of anilines is 2. The smallest absolute Gasteiger partial charge is 0.139 e. The molecular formula is C18H12N6. The van der Waals surface area contributed by atoms with Gasteiger partial charge in [-0.1, -0.05) is 0 Å². The van der Waals surface area contributed by atoms with Crippen LogP contribution in [-0.2, 0) is 0 Å². The average molecular weight is 312 g/mol. The SMILES string of the molecule is c1cnc2c(c1)-c1nc(-c3ccncc3)[nH]c1-c1ccncc1N2. The lowest BCUT2D eigenvalue weighted by molar-refractivity contribution is 1.25. The molecule has 0 fully saturated rings. The molecule has 4 aromatic heterocycles. The number of rotatable bonds is 1. The van der Waals surface area contributed by atoms with Crippen LogP contribution in [-0.4, -0.2) is 24.9 Å². The summed E-state index contributed by atoms with van der Waals surface area (Å²) in [7, 11) is 0. The van der Waals surface area contributed by atoms with Gasteiger partial charge in [0.1, 0.15) is 17.3 Å². The van der Waals surface area contributed by atoms with Gasteiger partial charge in [-0.15, -0.1) is 0 Å². The van der Waals surface area contributed by atoms with Crippen LogP contribution in [0.5, 0.6) is 0 Å². The van der Waals surface area contributed by atoms with Gasteiger partial charge in [-0.2, -0.15) is 0 Å². The minimum Gasteiger partial charge on any atom is -0.338 e. The van der Waals surface area contributed by atoms with Gasteiger partial charge in [0.15, 0.2) is 0 Å². The van der Waals surface area contributed by atoms with Crippen LogP contribution in [0.4, 0.5) is 11.5 Å². The highest BCUT2D eigenvalue weighted by molar-refractivity contribution is 5.95. The van der Waals surface area contributed by atoms with E-state index in [4.69, 9.17) is 4.98 Å². The van der Waals surface area contributed by atoms with E-state index < -0.39 is 0 Å². The summed E-state index contributed by atoms with van der Waals surface area (Å²) in [5, 5.41) is 3.35. The van der Waals surface area contributed by atoms with Crippen molar-refractivity contribution >= 4 is 11.5 Å². The van der Waals surface area contributed by atoms with Gasteiger partial charge < -0.3 is 10.3 Å². The van der Waals surface area contributed by atoms with Gasteiger partial charge in [-0.3, -0.25) is 9.97 Å². The maximum absolute atomic E-state index is 4.84. The number of aromatic nitrogens is 5. The number of hydrogen-bond donors (Lipinski definition) is 2. The van der Waals surface area contributed by atoms with E-state index in [9.17, 15) is 0 Å². The van der Waals surface area contributed by atoms with Crippen molar-refractivity contribution in [1.82, 2.24) is 24.9 Å². The van der Waals surface area contributed by atoms with Crippen LogP contribution in [0, 0.1) is 0 Å². The fraction of sp³-hybridized carbons (Fsp3) is 0. The normalized spacial score (nSPS) is 11.7. The van der Waals surface area contributed by atoms with Crippen LogP contribution in [0.15, 0.2) is 61.3 Å². The molecule has 0 unspecified atom stereocenters. The summed E-state index contributed by atoms with van der Waals surface area (Å²) in [6.07, 6.45) is 8.87. The van der Waals surface area contributed by atoms with Gasteiger partial charge in [-0.25, -0.2) is 9.97 Å². The van der Waals surface area contributed by atoms with Crippen molar-refractivity contribution in [2.45, 2.75) is 0 Å². The molecular weight excluding hydrogens is 300 g/mol. The van der Waals surface area contributed by atoms with E-state index in [2.05, 4.69) is 25.3 Å². The molecule has 4 aromatic rings. The van der Waals surface area contributed by atoms with Crippen LogP contribution in [0.3, 0.4) is 0 Å². The molecule has 1 aliphatic heterocycles. The minimum absolute atomic E-state index is 0.776. The Kier molecular flexibility index (Phi) is 2.69. The molecule has 0 saturated heterocycles. The Hall–Kier alpha value is -3.54. The van der Waals surface area contributed by atoms with Crippen molar-refractivity contribution < 1.29 is 0 Å². The van der Waals surface area contributed by atoms with E-state index in [1.165, 1.54) is 0 Å². The van der Waals surface area contributed by atoms with Crippen LogP contribution in [0.25, 0.3) is 33.9 Å². The van der Waals surface area contributed by atoms with E-state index >= 15 is 0 Å². The molecule has 1 aliphatic rings. The Bertz CT molecular complexity index is 975. The molecule has 0 bridgehead atoms. The molecule has 0 aliphatic carbocycles. The number of imidazole rings is 1. The zero-order valence-corrected chi connectivity index (χ0v) is 12.6. The number of pyridine rings is 3. The summed E-state index contributed by atoms with van der Waals surface area (Å²) >= 11 is 0. The number of hydrogen-bond acceptors (Lipinski definition) is 5. The first-order valence-corrected chi connectivity index (χ1v) is 7.57. The second-order valence-corrected chi connectivity index (χ2v) is 5.49. The second kappa shape index (κ2) is 4.99. The van der Waals surface area contributed by atoms with E-state index in [0.717, 1.165) is 45.4 Å². The number of nitrogens with zero attached hydrogens (tertiary/aromatic N) is 4. The molecule has 0 spiro atoms. The van der Waals surface area contributed by atoms with Gasteiger partial charge in [0.25, 0.3) is 0 Å². The summed E-state index contributed by atoms with van der Waals surface area (Å²) in [5.74, 6) is 1.58. The van der Waals surface area contributed by atoms with Crippen LogP contribution in [0.1, 0.15) is 0 Å². The van der Waals surface area contributed by atoms with Crippen molar-refractivity contribution in [2.24, 2.45) is 0 Å². The highest BCUT2D eigenvalue weighted by Gasteiger charge is 2.23. The topological polar surface area (TPSA) is 79.4 Å². The van der Waals surface area contributed by atoms with Crippen molar-refractivity contribution in [3.8, 4) is 33.9 Å². The number of aromatic amines is 1. The predicted molar refractivity (Wildman–Crippen MR) is 91.6 cm³/mol. The molecule has 0 amide bonds. The number of H-pyrrole nitrogens is 1. The summed E-state index contributed by atoms with van der Waals surface area (Å²) in [4.78, 5) is 21.0. The Labute approximate surface area is 137 Å². The summed E-state index contributed by atoms with van der Waals surface area (Å²) in [5.41, 5.74) is 5.71. The Morgan fingerprint density at radius 1 is 0.833 bits per heavy atom. The van der Waals surface area contributed by atoms with Crippen LogP contribution >= 0.6 is 0 Å². The van der Waals surface area contributed by atoms with Crippen LogP contribution < -0.4 is 5.32 Å². The Balaban J connectivity index is 1.82. The van der Waals surface area contributed by atoms with Crippen molar-refractivity contribution in [2.75, 3.05) is 5.32 Å². The van der Waals surface area contributed by atoms with E-state index in [1.807, 2.05) is 30.3 Å². The third kappa shape index (κ3) is 1.90. The van der Waals surface area contributed by atoms with E-state index in [1.54, 1.807) is 31.0 Å². The van der Waals surface area contributed by atoms with E-state index in [0.29, 0.717) is 0 Å². The summed E-state index contributed by atoms with van der Waals surface area (Å²) < 4.78 is 0. The largest absolute Gasteiger partial charge is 0.338 e. The van der Waals surface area contributed by atoms with Crippen molar-refractivity contribution in [1.29, 1.82) is 0 Å². The molecule has 6 heteroatoms. The average Bonchev–Trinajstić information content (AvgIpc) is 3.03. The lowest BCUT2D eigenvalue weighted by atomic mass is 10.1. The highest BCUT2D eigenvalue weighted by Crippen LogP contribution is 2.42. The summed E-state index contributed by atoms with van der Waals surface area (Å²) in [6, 6.07) is 9.79. The molecule has 0 radical (unpaired) electrons. The molecule has 2 N–H and O–H groups in total. The third-order valence-electron chi connectivity index (χ3n) is 4.06. The van der Waals surface area contributed by atoms with Gasteiger partial charge in [0.05, 0.1) is 17.6 Å². The van der Waals surface area contributed by atoms with Gasteiger partial charge in [0.2, 0.25) is 0 Å². The maximum Gasteiger partial charge on any atom is 0.139 e.